The SMILES string of the molecule is O=C(CN1C(=O)[C@@H]2[C@@H]3CC[C@@H](C3)[C@@H]2C1=O)Nc1ccc([N+](=O)[O-])cc1. The number of anilines is 1. The predicted molar refractivity (Wildman–Crippen MR) is 86.3 cm³/mol. The van der Waals surface area contributed by atoms with Gasteiger partial charge in [0.25, 0.3) is 5.69 Å². The first-order valence-electron chi connectivity index (χ1n) is 8.35. The molecule has 25 heavy (non-hydrogen) atoms. The molecule has 2 bridgehead atoms. The molecule has 1 heterocycles. The Hall–Kier alpha value is -2.77. The number of fused-ring (bicyclic) bond motifs is 5. The van der Waals surface area contributed by atoms with E-state index in [1.165, 1.54) is 24.3 Å². The van der Waals surface area contributed by atoms with Gasteiger partial charge in [0.05, 0.1) is 16.8 Å². The Morgan fingerprint density at radius 3 is 2.20 bits per heavy atom. The van der Waals surface area contributed by atoms with Gasteiger partial charge >= 0.3 is 0 Å². The quantitative estimate of drug-likeness (QED) is 0.507. The van der Waals surface area contributed by atoms with Crippen LogP contribution in [0.5, 0.6) is 0 Å². The van der Waals surface area contributed by atoms with Crippen LogP contribution in [0.3, 0.4) is 0 Å². The molecule has 130 valence electrons. The Labute approximate surface area is 143 Å². The minimum absolute atomic E-state index is 0.0776. The number of amides is 3. The zero-order chi connectivity index (χ0) is 17.7. The normalized spacial score (nSPS) is 29.8. The molecule has 0 radical (unpaired) electrons. The second kappa shape index (κ2) is 5.65. The fourth-order valence-electron chi connectivity index (χ4n) is 4.64. The number of imide groups is 1. The molecule has 0 aromatic heterocycles. The third-order valence-corrected chi connectivity index (χ3v) is 5.68. The van der Waals surface area contributed by atoms with Crippen LogP contribution in [-0.4, -0.2) is 34.1 Å². The molecule has 8 nitrogen and oxygen atoms in total. The van der Waals surface area contributed by atoms with Gasteiger partial charge in [-0.1, -0.05) is 0 Å². The molecule has 0 unspecified atom stereocenters. The maximum absolute atomic E-state index is 12.5. The van der Waals surface area contributed by atoms with Crippen LogP contribution in [-0.2, 0) is 14.4 Å². The number of benzene rings is 1. The summed E-state index contributed by atoms with van der Waals surface area (Å²) in [5, 5.41) is 13.2. The zero-order valence-corrected chi connectivity index (χ0v) is 13.4. The molecule has 4 rings (SSSR count). The molecule has 0 spiro atoms. The summed E-state index contributed by atoms with van der Waals surface area (Å²) in [5.41, 5.74) is 0.307. The van der Waals surface area contributed by atoms with Gasteiger partial charge in [-0.25, -0.2) is 0 Å². The summed E-state index contributed by atoms with van der Waals surface area (Å²) in [7, 11) is 0. The van der Waals surface area contributed by atoms with Gasteiger partial charge in [0.15, 0.2) is 0 Å². The highest BCUT2D eigenvalue weighted by Gasteiger charge is 2.60. The van der Waals surface area contributed by atoms with Gasteiger partial charge in [-0.15, -0.1) is 0 Å². The summed E-state index contributed by atoms with van der Waals surface area (Å²) in [6.07, 6.45) is 2.94. The Kier molecular flexibility index (Phi) is 3.55. The summed E-state index contributed by atoms with van der Waals surface area (Å²) in [5.74, 6) is -0.829. The van der Waals surface area contributed by atoms with E-state index in [0.29, 0.717) is 5.69 Å². The van der Waals surface area contributed by atoms with E-state index in [-0.39, 0.29) is 47.7 Å². The van der Waals surface area contributed by atoms with Crippen molar-refractivity contribution >= 4 is 29.1 Å². The number of carbonyl (C=O) groups is 3. The maximum Gasteiger partial charge on any atom is 0.269 e. The molecule has 3 fully saturated rings. The molecule has 1 saturated heterocycles. The summed E-state index contributed by atoms with van der Waals surface area (Å²) in [6, 6.07) is 5.39. The highest BCUT2D eigenvalue weighted by Crippen LogP contribution is 2.56. The van der Waals surface area contributed by atoms with Gasteiger partial charge in [-0.05, 0) is 43.2 Å². The molecule has 2 saturated carbocycles. The Morgan fingerprint density at radius 2 is 1.68 bits per heavy atom. The fraction of sp³-hybridized carbons (Fsp3) is 0.471. The van der Waals surface area contributed by atoms with Crippen molar-refractivity contribution in [2.24, 2.45) is 23.7 Å². The van der Waals surface area contributed by atoms with Crippen LogP contribution in [0.25, 0.3) is 0 Å². The lowest BCUT2D eigenvalue weighted by molar-refractivity contribution is -0.384. The zero-order valence-electron chi connectivity index (χ0n) is 13.4. The van der Waals surface area contributed by atoms with E-state index < -0.39 is 10.8 Å². The van der Waals surface area contributed by atoms with Crippen LogP contribution in [0.2, 0.25) is 0 Å². The number of carbonyl (C=O) groups excluding carboxylic acids is 3. The van der Waals surface area contributed by atoms with Crippen molar-refractivity contribution in [3.8, 4) is 0 Å². The van der Waals surface area contributed by atoms with Gasteiger partial charge in [-0.3, -0.25) is 29.4 Å². The van der Waals surface area contributed by atoms with Crippen LogP contribution in [0.1, 0.15) is 19.3 Å². The monoisotopic (exact) mass is 343 g/mol. The highest BCUT2D eigenvalue weighted by molar-refractivity contribution is 6.09. The average Bonchev–Trinajstić information content (AvgIpc) is 3.25. The minimum Gasteiger partial charge on any atom is -0.325 e. The van der Waals surface area contributed by atoms with Crippen molar-refractivity contribution in [1.29, 1.82) is 0 Å². The van der Waals surface area contributed by atoms with Crippen LogP contribution in [0, 0.1) is 33.8 Å². The molecule has 4 atom stereocenters. The highest BCUT2D eigenvalue weighted by atomic mass is 16.6. The summed E-state index contributed by atoms with van der Waals surface area (Å²) in [6.45, 7) is -0.304. The lowest BCUT2D eigenvalue weighted by Gasteiger charge is -2.19. The standard InChI is InChI=1S/C17H17N3O5/c21-13(18-11-3-5-12(6-4-11)20(24)25)8-19-16(22)14-9-1-2-10(7-9)15(14)17(19)23/h3-6,9-10,14-15H,1-2,7-8H2,(H,18,21)/t9-,10+,14-,15+. The van der Waals surface area contributed by atoms with Gasteiger partial charge in [0, 0.05) is 17.8 Å². The third kappa shape index (κ3) is 2.48. The topological polar surface area (TPSA) is 110 Å². The van der Waals surface area contributed by atoms with Crippen LogP contribution in [0.4, 0.5) is 11.4 Å². The molecule has 3 aliphatic rings. The number of nitrogens with zero attached hydrogens (tertiary/aromatic N) is 2. The van der Waals surface area contributed by atoms with Crippen LogP contribution >= 0.6 is 0 Å². The first-order valence-corrected chi connectivity index (χ1v) is 8.35. The lowest BCUT2D eigenvalue weighted by atomic mass is 9.81. The second-order valence-corrected chi connectivity index (χ2v) is 7.00. The van der Waals surface area contributed by atoms with Crippen LogP contribution in [0.15, 0.2) is 24.3 Å². The van der Waals surface area contributed by atoms with E-state index in [1.807, 2.05) is 0 Å². The van der Waals surface area contributed by atoms with E-state index in [0.717, 1.165) is 24.2 Å². The molecule has 1 aliphatic heterocycles. The van der Waals surface area contributed by atoms with E-state index >= 15 is 0 Å². The fourth-order valence-corrected chi connectivity index (χ4v) is 4.64. The Morgan fingerprint density at radius 1 is 1.12 bits per heavy atom. The predicted octanol–water partition coefficient (Wildman–Crippen LogP) is 1.56. The third-order valence-electron chi connectivity index (χ3n) is 5.68. The van der Waals surface area contributed by atoms with E-state index in [1.54, 1.807) is 0 Å². The number of nitro benzene ring substituents is 1. The Balaban J connectivity index is 1.42. The van der Waals surface area contributed by atoms with Crippen molar-refractivity contribution in [1.82, 2.24) is 4.90 Å². The number of nitrogens with one attached hydrogen (secondary N) is 1. The van der Waals surface area contributed by atoms with Crippen molar-refractivity contribution < 1.29 is 19.3 Å². The lowest BCUT2D eigenvalue weighted by Crippen LogP contribution is -2.39. The van der Waals surface area contributed by atoms with Crippen molar-refractivity contribution in [2.45, 2.75) is 19.3 Å². The van der Waals surface area contributed by atoms with E-state index in [4.69, 9.17) is 0 Å². The molecule has 3 amide bonds. The van der Waals surface area contributed by atoms with Crippen molar-refractivity contribution in [3.05, 3.63) is 34.4 Å². The number of hydrogen-bond acceptors (Lipinski definition) is 5. The van der Waals surface area contributed by atoms with E-state index in [2.05, 4.69) is 5.32 Å². The first-order chi connectivity index (χ1) is 12.0. The van der Waals surface area contributed by atoms with Crippen molar-refractivity contribution in [2.75, 3.05) is 11.9 Å². The summed E-state index contributed by atoms with van der Waals surface area (Å²) in [4.78, 5) is 48.5. The summed E-state index contributed by atoms with van der Waals surface area (Å²) >= 11 is 0. The number of hydrogen-bond donors (Lipinski definition) is 1. The average molecular weight is 343 g/mol. The molecule has 1 aromatic rings. The van der Waals surface area contributed by atoms with Gasteiger partial charge in [-0.2, -0.15) is 0 Å². The van der Waals surface area contributed by atoms with Gasteiger partial charge in [0.2, 0.25) is 17.7 Å². The summed E-state index contributed by atoms with van der Waals surface area (Å²) < 4.78 is 0. The van der Waals surface area contributed by atoms with Gasteiger partial charge < -0.3 is 5.32 Å². The Bertz CT molecular complexity index is 747. The first kappa shape index (κ1) is 15.7. The number of rotatable bonds is 4. The smallest absolute Gasteiger partial charge is 0.269 e. The largest absolute Gasteiger partial charge is 0.325 e. The van der Waals surface area contributed by atoms with Gasteiger partial charge in [0.1, 0.15) is 6.54 Å². The van der Waals surface area contributed by atoms with Crippen LogP contribution < -0.4 is 5.32 Å². The number of nitro groups is 1. The number of likely N-dealkylation sites (tertiary alicyclic amines) is 1. The second-order valence-electron chi connectivity index (χ2n) is 7.00. The molecular weight excluding hydrogens is 326 g/mol. The molecule has 8 heteroatoms. The number of non-ortho nitro benzene ring substituents is 1. The molecule has 1 aromatic carbocycles. The molecule has 2 aliphatic carbocycles. The van der Waals surface area contributed by atoms with Crippen molar-refractivity contribution in [3.63, 3.8) is 0 Å². The van der Waals surface area contributed by atoms with E-state index in [9.17, 15) is 24.5 Å². The minimum atomic E-state index is -0.528. The molecular formula is C17H17N3O5. The molecule has 1 N–H and O–H groups in total. The maximum atomic E-state index is 12.5.